The Kier molecular flexibility index (Phi) is 7.14. The number of amides is 2. The highest BCUT2D eigenvalue weighted by Crippen LogP contribution is 2.19. The quantitative estimate of drug-likeness (QED) is 0.439. The fourth-order valence-electron chi connectivity index (χ4n) is 1.95. The summed E-state index contributed by atoms with van der Waals surface area (Å²) in [5.74, 6) is -0.737. The summed E-state index contributed by atoms with van der Waals surface area (Å²) < 4.78 is 4.87. The summed E-state index contributed by atoms with van der Waals surface area (Å²) in [6.07, 6.45) is 0.685. The van der Waals surface area contributed by atoms with Gasteiger partial charge in [0.2, 0.25) is 5.91 Å². The largest absolute Gasteiger partial charge is 0.385 e. The molecule has 1 aromatic carbocycles. The first-order valence-corrected chi connectivity index (χ1v) is 7.13. The third-order valence-electron chi connectivity index (χ3n) is 3.23. The zero-order chi connectivity index (χ0) is 17.4. The number of nitrogens with one attached hydrogen (secondary N) is 1. The number of hydrogen-bond donors (Lipinski definition) is 1. The second kappa shape index (κ2) is 8.84. The number of ether oxygens (including phenoxy) is 1. The van der Waals surface area contributed by atoms with E-state index in [9.17, 15) is 19.7 Å². The molecule has 1 N–H and O–H groups in total. The predicted molar refractivity (Wildman–Crippen MR) is 84.3 cm³/mol. The van der Waals surface area contributed by atoms with Crippen molar-refractivity contribution in [2.24, 2.45) is 0 Å². The zero-order valence-corrected chi connectivity index (χ0v) is 13.5. The average Bonchev–Trinajstić information content (AvgIpc) is 2.51. The molecular formula is C15H21N3O5. The number of likely N-dealkylation sites (N-methyl/N-ethyl adjacent to an activating group) is 1. The Balaban J connectivity index is 2.64. The van der Waals surface area contributed by atoms with E-state index in [0.717, 1.165) is 0 Å². The molecule has 0 aromatic heterocycles. The summed E-state index contributed by atoms with van der Waals surface area (Å²) in [4.78, 5) is 35.6. The molecule has 0 bridgehead atoms. The summed E-state index contributed by atoms with van der Waals surface area (Å²) in [5.41, 5.74) is 0.537. The highest BCUT2D eigenvalue weighted by molar-refractivity contribution is 5.97. The van der Waals surface area contributed by atoms with Gasteiger partial charge in [0, 0.05) is 44.5 Å². The molecule has 0 aliphatic rings. The van der Waals surface area contributed by atoms with Gasteiger partial charge in [0.15, 0.2) is 0 Å². The smallest absolute Gasteiger partial charge is 0.273 e. The number of nitro groups is 1. The van der Waals surface area contributed by atoms with E-state index in [-0.39, 0.29) is 23.7 Å². The number of carbonyl (C=O) groups is 2. The van der Waals surface area contributed by atoms with Gasteiger partial charge in [0.05, 0.1) is 11.5 Å². The minimum atomic E-state index is -0.533. The van der Waals surface area contributed by atoms with Crippen molar-refractivity contribution in [1.82, 2.24) is 10.2 Å². The first-order valence-electron chi connectivity index (χ1n) is 7.13. The number of nitro benzene ring substituents is 1. The lowest BCUT2D eigenvalue weighted by atomic mass is 10.1. The number of nitrogens with zero attached hydrogens (tertiary/aromatic N) is 2. The Bertz CT molecular complexity index is 588. The highest BCUT2D eigenvalue weighted by Gasteiger charge is 2.19. The van der Waals surface area contributed by atoms with Crippen molar-refractivity contribution < 1.29 is 19.2 Å². The molecule has 0 saturated carbocycles. The minimum absolute atomic E-state index is 0.117. The molecule has 0 saturated heterocycles. The molecule has 126 valence electrons. The van der Waals surface area contributed by atoms with Gasteiger partial charge in [0.25, 0.3) is 11.6 Å². The summed E-state index contributed by atoms with van der Waals surface area (Å²) in [6.45, 7) is 2.49. The van der Waals surface area contributed by atoms with Gasteiger partial charge >= 0.3 is 0 Å². The average molecular weight is 323 g/mol. The maximum atomic E-state index is 12.2. The van der Waals surface area contributed by atoms with E-state index >= 15 is 0 Å². The van der Waals surface area contributed by atoms with Crippen molar-refractivity contribution in [3.8, 4) is 0 Å². The Morgan fingerprint density at radius 3 is 2.70 bits per heavy atom. The number of methoxy groups -OCH3 is 1. The number of carbonyl (C=O) groups excluding carboxylic acids is 2. The zero-order valence-electron chi connectivity index (χ0n) is 13.5. The van der Waals surface area contributed by atoms with Gasteiger partial charge in [-0.2, -0.15) is 0 Å². The van der Waals surface area contributed by atoms with Crippen LogP contribution in [-0.4, -0.2) is 55.5 Å². The van der Waals surface area contributed by atoms with Crippen LogP contribution in [0.3, 0.4) is 0 Å². The van der Waals surface area contributed by atoms with Crippen LogP contribution in [0, 0.1) is 17.0 Å². The van der Waals surface area contributed by atoms with Crippen LogP contribution in [0.1, 0.15) is 22.3 Å². The molecular weight excluding hydrogens is 302 g/mol. The Hall–Kier alpha value is -2.48. The van der Waals surface area contributed by atoms with E-state index in [1.54, 1.807) is 14.0 Å². The molecule has 1 rings (SSSR count). The molecule has 0 spiro atoms. The lowest BCUT2D eigenvalue weighted by Gasteiger charge is -2.17. The van der Waals surface area contributed by atoms with Crippen molar-refractivity contribution in [2.45, 2.75) is 13.3 Å². The molecule has 0 aliphatic carbocycles. The summed E-state index contributed by atoms with van der Waals surface area (Å²) in [6, 6.07) is 4.26. The second-order valence-electron chi connectivity index (χ2n) is 5.12. The summed E-state index contributed by atoms with van der Waals surface area (Å²) >= 11 is 0. The van der Waals surface area contributed by atoms with Crippen LogP contribution in [0.2, 0.25) is 0 Å². The van der Waals surface area contributed by atoms with E-state index in [1.165, 1.54) is 30.1 Å². The molecule has 0 heterocycles. The molecule has 0 radical (unpaired) electrons. The molecule has 1 aromatic rings. The van der Waals surface area contributed by atoms with Crippen LogP contribution in [-0.2, 0) is 9.53 Å². The first-order chi connectivity index (χ1) is 10.9. The van der Waals surface area contributed by atoms with Crippen LogP contribution < -0.4 is 5.32 Å². The topological polar surface area (TPSA) is 102 Å². The van der Waals surface area contributed by atoms with Gasteiger partial charge in [-0.25, -0.2) is 0 Å². The summed E-state index contributed by atoms with van der Waals surface area (Å²) in [5, 5.41) is 13.6. The fourth-order valence-corrected chi connectivity index (χ4v) is 1.95. The van der Waals surface area contributed by atoms with E-state index in [2.05, 4.69) is 5.32 Å². The third-order valence-corrected chi connectivity index (χ3v) is 3.23. The Morgan fingerprint density at radius 1 is 1.39 bits per heavy atom. The molecule has 8 heteroatoms. The summed E-state index contributed by atoms with van der Waals surface area (Å²) in [7, 11) is 3.05. The van der Waals surface area contributed by atoms with Gasteiger partial charge in [-0.1, -0.05) is 6.07 Å². The van der Waals surface area contributed by atoms with Gasteiger partial charge in [-0.15, -0.1) is 0 Å². The van der Waals surface area contributed by atoms with E-state index < -0.39 is 10.8 Å². The van der Waals surface area contributed by atoms with Crippen LogP contribution in [0.15, 0.2) is 18.2 Å². The number of aryl methyl sites for hydroxylation is 1. The monoisotopic (exact) mass is 323 g/mol. The molecule has 0 aliphatic heterocycles. The molecule has 23 heavy (non-hydrogen) atoms. The Morgan fingerprint density at radius 2 is 2.09 bits per heavy atom. The van der Waals surface area contributed by atoms with Gasteiger partial charge in [-0.05, 0) is 19.4 Å². The van der Waals surface area contributed by atoms with Crippen molar-refractivity contribution in [1.29, 1.82) is 0 Å². The van der Waals surface area contributed by atoms with Crippen LogP contribution in [0.5, 0.6) is 0 Å². The minimum Gasteiger partial charge on any atom is -0.385 e. The second-order valence-corrected chi connectivity index (χ2v) is 5.12. The van der Waals surface area contributed by atoms with Crippen LogP contribution in [0.25, 0.3) is 0 Å². The third kappa shape index (κ3) is 5.67. The number of benzene rings is 1. The lowest BCUT2D eigenvalue weighted by Crippen LogP contribution is -2.38. The van der Waals surface area contributed by atoms with Crippen molar-refractivity contribution in [3.05, 3.63) is 39.4 Å². The maximum absolute atomic E-state index is 12.2. The fraction of sp³-hybridized carbons (Fsp3) is 0.467. The van der Waals surface area contributed by atoms with E-state index in [1.807, 2.05) is 0 Å². The van der Waals surface area contributed by atoms with Gasteiger partial charge in [-0.3, -0.25) is 19.7 Å². The highest BCUT2D eigenvalue weighted by atomic mass is 16.6. The first kappa shape index (κ1) is 18.6. The van der Waals surface area contributed by atoms with Crippen molar-refractivity contribution in [2.75, 3.05) is 33.9 Å². The normalized spacial score (nSPS) is 10.2. The number of hydrogen-bond acceptors (Lipinski definition) is 5. The molecule has 2 amide bonds. The van der Waals surface area contributed by atoms with E-state index in [0.29, 0.717) is 25.1 Å². The van der Waals surface area contributed by atoms with E-state index in [4.69, 9.17) is 4.74 Å². The number of rotatable bonds is 8. The molecule has 8 nitrogen and oxygen atoms in total. The van der Waals surface area contributed by atoms with Gasteiger partial charge in [0.1, 0.15) is 0 Å². The predicted octanol–water partition coefficient (Wildman–Crippen LogP) is 1.13. The maximum Gasteiger partial charge on any atom is 0.273 e. The van der Waals surface area contributed by atoms with Crippen molar-refractivity contribution in [3.63, 3.8) is 0 Å². The van der Waals surface area contributed by atoms with Gasteiger partial charge < -0.3 is 15.0 Å². The van der Waals surface area contributed by atoms with Crippen LogP contribution in [0.4, 0.5) is 5.69 Å². The molecule has 0 atom stereocenters. The lowest BCUT2D eigenvalue weighted by molar-refractivity contribution is -0.385. The Labute approximate surface area is 134 Å². The van der Waals surface area contributed by atoms with Crippen molar-refractivity contribution >= 4 is 17.5 Å². The standard InChI is InChI=1S/C15H21N3O5/c1-11-5-6-12(9-13(11)18(21)22)15(20)17(2)10-14(19)16-7-4-8-23-3/h5-6,9H,4,7-8,10H2,1-3H3,(H,16,19). The van der Waals surface area contributed by atoms with Crippen LogP contribution >= 0.6 is 0 Å². The SMILES string of the molecule is COCCCNC(=O)CN(C)C(=O)c1ccc(C)c([N+](=O)[O-])c1. The molecule has 0 unspecified atom stereocenters. The molecule has 0 fully saturated rings.